The van der Waals surface area contributed by atoms with Crippen LogP contribution in [0.5, 0.6) is 5.75 Å². The summed E-state index contributed by atoms with van der Waals surface area (Å²) >= 11 is 0. The molecule has 0 saturated carbocycles. The van der Waals surface area contributed by atoms with Gasteiger partial charge in [0, 0.05) is 11.1 Å². The van der Waals surface area contributed by atoms with Crippen LogP contribution >= 0.6 is 0 Å². The summed E-state index contributed by atoms with van der Waals surface area (Å²) in [5, 5.41) is 5.89. The Morgan fingerprint density at radius 1 is 0.966 bits per heavy atom. The van der Waals surface area contributed by atoms with Gasteiger partial charge in [-0.2, -0.15) is 0 Å². The molecule has 146 valence electrons. The number of hydrogen-bond donors (Lipinski definition) is 2. The van der Waals surface area contributed by atoms with Crippen molar-refractivity contribution in [2.75, 3.05) is 5.32 Å². The van der Waals surface area contributed by atoms with Crippen LogP contribution in [-0.2, 0) is 4.79 Å². The highest BCUT2D eigenvalue weighted by atomic mass is 19.1. The zero-order chi connectivity index (χ0) is 20.4. The average Bonchev–Trinajstić information content (AvgIpc) is 2.73. The lowest BCUT2D eigenvalue weighted by atomic mass is 9.83. The number of carbonyl (C=O) groups excluding carboxylic acids is 2. The zero-order valence-corrected chi connectivity index (χ0v) is 15.7. The summed E-state index contributed by atoms with van der Waals surface area (Å²) in [5.74, 6) is -1.14. The molecule has 0 aliphatic carbocycles. The third kappa shape index (κ3) is 3.45. The van der Waals surface area contributed by atoms with Crippen LogP contribution in [0.25, 0.3) is 0 Å². The molecule has 2 atom stereocenters. The maximum atomic E-state index is 14.3. The van der Waals surface area contributed by atoms with E-state index in [2.05, 4.69) is 10.6 Å². The van der Waals surface area contributed by atoms with Gasteiger partial charge < -0.3 is 15.4 Å². The number of benzene rings is 3. The van der Waals surface area contributed by atoms with Crippen molar-refractivity contribution in [1.29, 1.82) is 0 Å². The molecule has 2 N–H and O–H groups in total. The number of para-hydroxylation sites is 2. The van der Waals surface area contributed by atoms with Crippen LogP contribution in [0, 0.1) is 5.82 Å². The summed E-state index contributed by atoms with van der Waals surface area (Å²) in [7, 11) is 0. The number of esters is 1. The third-order valence-corrected chi connectivity index (χ3v) is 5.02. The maximum absolute atomic E-state index is 14.3. The minimum Gasteiger partial charge on any atom is -0.424 e. The molecule has 0 bridgehead atoms. The Balaban J connectivity index is 1.76. The highest BCUT2D eigenvalue weighted by Crippen LogP contribution is 2.41. The number of ether oxygens (including phenoxy) is 1. The van der Waals surface area contributed by atoms with Crippen molar-refractivity contribution >= 4 is 17.6 Å². The van der Waals surface area contributed by atoms with Crippen molar-refractivity contribution in [3.8, 4) is 5.75 Å². The van der Waals surface area contributed by atoms with Gasteiger partial charge in [-0.15, -0.1) is 0 Å². The molecule has 0 radical (unpaired) electrons. The topological polar surface area (TPSA) is 67.4 Å². The lowest BCUT2D eigenvalue weighted by molar-refractivity contribution is -0.143. The van der Waals surface area contributed by atoms with Crippen LogP contribution in [0.3, 0.4) is 0 Å². The fourth-order valence-corrected chi connectivity index (χ4v) is 3.42. The molecule has 29 heavy (non-hydrogen) atoms. The fourth-order valence-electron chi connectivity index (χ4n) is 3.42. The highest BCUT2D eigenvalue weighted by molar-refractivity contribution is 5.99. The minimum absolute atomic E-state index is 0.224. The molecule has 6 heteroatoms. The molecule has 5 nitrogen and oxygen atoms in total. The largest absolute Gasteiger partial charge is 0.424 e. The number of hydrogen-bond acceptors (Lipinski definition) is 4. The van der Waals surface area contributed by atoms with Crippen LogP contribution in [0.2, 0.25) is 0 Å². The Hall–Kier alpha value is -3.67. The summed E-state index contributed by atoms with van der Waals surface area (Å²) in [4.78, 5) is 25.8. The number of amides is 1. The first kappa shape index (κ1) is 18.7. The molecule has 1 heterocycles. The second-order valence-corrected chi connectivity index (χ2v) is 7.01. The van der Waals surface area contributed by atoms with Crippen LogP contribution in [0.1, 0.15) is 28.9 Å². The Kier molecular flexibility index (Phi) is 4.76. The van der Waals surface area contributed by atoms with E-state index in [9.17, 15) is 14.0 Å². The number of halogens is 1. The third-order valence-electron chi connectivity index (χ3n) is 5.02. The van der Waals surface area contributed by atoms with Crippen molar-refractivity contribution < 1.29 is 18.7 Å². The summed E-state index contributed by atoms with van der Waals surface area (Å²) in [6.07, 6.45) is 0. The Morgan fingerprint density at radius 3 is 2.38 bits per heavy atom. The maximum Gasteiger partial charge on any atom is 0.339 e. The van der Waals surface area contributed by atoms with Gasteiger partial charge >= 0.3 is 5.97 Å². The lowest BCUT2D eigenvalue weighted by Gasteiger charge is -2.41. The van der Waals surface area contributed by atoms with Gasteiger partial charge in [0.15, 0.2) is 5.54 Å². The van der Waals surface area contributed by atoms with Crippen molar-refractivity contribution in [3.63, 3.8) is 0 Å². The van der Waals surface area contributed by atoms with Gasteiger partial charge in [-0.05, 0) is 37.3 Å². The number of fused-ring (bicyclic) bond motifs is 1. The molecule has 0 saturated heterocycles. The zero-order valence-electron chi connectivity index (χ0n) is 15.7. The fraction of sp³-hybridized carbons (Fsp3) is 0.130. The molecule has 0 fully saturated rings. The number of nitrogens with one attached hydrogen (secondary N) is 2. The predicted molar refractivity (Wildman–Crippen MR) is 107 cm³/mol. The number of carbonyl (C=O) groups is 2. The molecule has 3 aromatic rings. The second kappa shape index (κ2) is 7.39. The predicted octanol–water partition coefficient (Wildman–Crippen LogP) is 4.09. The second-order valence-electron chi connectivity index (χ2n) is 7.01. The van der Waals surface area contributed by atoms with Crippen LogP contribution in [0.4, 0.5) is 10.1 Å². The van der Waals surface area contributed by atoms with Gasteiger partial charge in [0.1, 0.15) is 11.6 Å². The standard InChI is InChI=1S/C23H19FN2O3/c1-23(26-21(27)15-9-3-2-4-10-15)20(25-18-13-7-6-12-17(18)24)16-11-5-8-14-19(16)29-22(23)28/h2-14,20,25H,1H3,(H,26,27)/t20-,23-/m0/s1. The first-order valence-corrected chi connectivity index (χ1v) is 9.19. The quantitative estimate of drug-likeness (QED) is 0.520. The van der Waals surface area contributed by atoms with Gasteiger partial charge in [0.2, 0.25) is 0 Å². The van der Waals surface area contributed by atoms with Gasteiger partial charge in [-0.3, -0.25) is 4.79 Å². The van der Waals surface area contributed by atoms with Crippen molar-refractivity contribution in [2.24, 2.45) is 0 Å². The molecule has 1 aliphatic heterocycles. The monoisotopic (exact) mass is 390 g/mol. The normalized spacial score (nSPS) is 20.3. The Bertz CT molecular complexity index is 1070. The summed E-state index contributed by atoms with van der Waals surface area (Å²) in [6, 6.07) is 21.0. The molecule has 1 amide bonds. The molecule has 3 aromatic carbocycles. The first-order chi connectivity index (χ1) is 14.0. The van der Waals surface area contributed by atoms with Crippen LogP contribution in [-0.4, -0.2) is 17.4 Å². The molecular weight excluding hydrogens is 371 g/mol. The molecule has 0 aromatic heterocycles. The van der Waals surface area contributed by atoms with Gasteiger partial charge in [0.05, 0.1) is 11.7 Å². The molecule has 4 rings (SSSR count). The average molecular weight is 390 g/mol. The molecule has 0 unspecified atom stereocenters. The summed E-state index contributed by atoms with van der Waals surface area (Å²) < 4.78 is 19.8. The van der Waals surface area contributed by atoms with E-state index < -0.39 is 29.3 Å². The van der Waals surface area contributed by atoms with E-state index in [-0.39, 0.29) is 5.69 Å². The Labute approximate surface area is 167 Å². The van der Waals surface area contributed by atoms with Crippen molar-refractivity contribution in [3.05, 3.63) is 95.8 Å². The first-order valence-electron chi connectivity index (χ1n) is 9.19. The van der Waals surface area contributed by atoms with E-state index in [0.29, 0.717) is 16.9 Å². The molecular formula is C23H19FN2O3. The highest BCUT2D eigenvalue weighted by Gasteiger charge is 2.50. The summed E-state index contributed by atoms with van der Waals surface area (Å²) in [6.45, 7) is 1.57. The van der Waals surface area contributed by atoms with Crippen LogP contribution in [0.15, 0.2) is 78.9 Å². The Morgan fingerprint density at radius 2 is 1.62 bits per heavy atom. The minimum atomic E-state index is -1.47. The van der Waals surface area contributed by atoms with Crippen molar-refractivity contribution in [1.82, 2.24) is 5.32 Å². The van der Waals surface area contributed by atoms with E-state index in [1.807, 2.05) is 0 Å². The van der Waals surface area contributed by atoms with E-state index in [4.69, 9.17) is 4.74 Å². The van der Waals surface area contributed by atoms with Crippen molar-refractivity contribution in [2.45, 2.75) is 18.5 Å². The van der Waals surface area contributed by atoms with E-state index in [0.717, 1.165) is 0 Å². The molecule has 0 spiro atoms. The van der Waals surface area contributed by atoms with E-state index in [1.54, 1.807) is 79.7 Å². The van der Waals surface area contributed by atoms with Crippen LogP contribution < -0.4 is 15.4 Å². The van der Waals surface area contributed by atoms with Gasteiger partial charge in [-0.1, -0.05) is 48.5 Å². The molecule has 1 aliphatic rings. The summed E-state index contributed by atoms with van der Waals surface area (Å²) in [5.41, 5.74) is -0.192. The number of anilines is 1. The van der Waals surface area contributed by atoms with Gasteiger partial charge in [-0.25, -0.2) is 9.18 Å². The SMILES string of the molecule is C[C@@]1(NC(=O)c2ccccc2)C(=O)Oc2ccccc2[C@@H]1Nc1ccccc1F. The van der Waals surface area contributed by atoms with E-state index >= 15 is 0 Å². The smallest absolute Gasteiger partial charge is 0.339 e. The number of rotatable bonds is 4. The van der Waals surface area contributed by atoms with E-state index in [1.165, 1.54) is 6.07 Å². The van der Waals surface area contributed by atoms with Gasteiger partial charge in [0.25, 0.3) is 5.91 Å². The lowest BCUT2D eigenvalue weighted by Crippen LogP contribution is -2.61.